The van der Waals surface area contributed by atoms with Crippen molar-refractivity contribution < 1.29 is 14.3 Å². The number of methoxy groups -OCH3 is 2. The molecule has 1 heterocycles. The van der Waals surface area contributed by atoms with Crippen LogP contribution in [0.4, 0.5) is 0 Å². The zero-order chi connectivity index (χ0) is 14.8. The molecule has 0 bridgehead atoms. The Kier molecular flexibility index (Phi) is 3.60. The largest absolute Gasteiger partial charge is 0.493 e. The van der Waals surface area contributed by atoms with Crippen molar-refractivity contribution in [1.29, 1.82) is 0 Å². The first-order chi connectivity index (χ1) is 10.2. The molecule has 1 aromatic carbocycles. The first kappa shape index (κ1) is 13.6. The van der Waals surface area contributed by atoms with Crippen LogP contribution < -0.4 is 9.47 Å². The molecule has 21 heavy (non-hydrogen) atoms. The number of ether oxygens (including phenoxy) is 2. The highest BCUT2D eigenvalue weighted by atomic mass is 16.5. The average molecular weight is 283 g/mol. The fraction of sp³-hybridized carbons (Fsp3) is 0.294. The first-order valence-corrected chi connectivity index (χ1v) is 6.91. The molecule has 3 rings (SSSR count). The monoisotopic (exact) mass is 283 g/mol. The molecule has 2 aromatic rings. The molecule has 1 aliphatic rings. The van der Waals surface area contributed by atoms with Gasteiger partial charge in [-0.1, -0.05) is 6.07 Å². The second-order valence-corrected chi connectivity index (χ2v) is 5.20. The van der Waals surface area contributed by atoms with E-state index in [1.807, 2.05) is 24.4 Å². The second-order valence-electron chi connectivity index (χ2n) is 5.20. The summed E-state index contributed by atoms with van der Waals surface area (Å²) >= 11 is 0. The number of Topliss-reactive ketones (excluding diaryl/α,β-unsaturated/α-hetero) is 1. The lowest BCUT2D eigenvalue weighted by Gasteiger charge is -2.09. The van der Waals surface area contributed by atoms with Crippen LogP contribution in [0.25, 0.3) is 0 Å². The summed E-state index contributed by atoms with van der Waals surface area (Å²) in [6.45, 7) is 0. The highest BCUT2D eigenvalue weighted by Gasteiger charge is 2.32. The van der Waals surface area contributed by atoms with Crippen molar-refractivity contribution in [3.05, 3.63) is 53.3 Å². The molecule has 0 fully saturated rings. The maximum atomic E-state index is 12.6. The minimum Gasteiger partial charge on any atom is -0.493 e. The number of aromatic nitrogens is 1. The minimum atomic E-state index is -0.0268. The van der Waals surface area contributed by atoms with Gasteiger partial charge in [0.05, 0.1) is 14.2 Å². The van der Waals surface area contributed by atoms with Gasteiger partial charge in [0, 0.05) is 23.9 Å². The van der Waals surface area contributed by atoms with Gasteiger partial charge in [0.25, 0.3) is 0 Å². The van der Waals surface area contributed by atoms with E-state index in [2.05, 4.69) is 4.98 Å². The van der Waals surface area contributed by atoms with Gasteiger partial charge in [-0.05, 0) is 42.2 Å². The van der Waals surface area contributed by atoms with E-state index in [9.17, 15) is 4.79 Å². The molecule has 4 heteroatoms. The lowest BCUT2D eigenvalue weighted by Crippen LogP contribution is -2.12. The fourth-order valence-corrected chi connectivity index (χ4v) is 2.87. The van der Waals surface area contributed by atoms with Crippen LogP contribution in [0.2, 0.25) is 0 Å². The summed E-state index contributed by atoms with van der Waals surface area (Å²) in [6.07, 6.45) is 5.01. The summed E-state index contributed by atoms with van der Waals surface area (Å²) in [7, 11) is 3.19. The van der Waals surface area contributed by atoms with Gasteiger partial charge in [-0.15, -0.1) is 0 Å². The number of benzene rings is 1. The lowest BCUT2D eigenvalue weighted by molar-refractivity contribution is 0.0936. The number of pyridine rings is 1. The van der Waals surface area contributed by atoms with Crippen molar-refractivity contribution in [2.24, 2.45) is 5.92 Å². The van der Waals surface area contributed by atoms with Gasteiger partial charge in [0.1, 0.15) is 0 Å². The van der Waals surface area contributed by atoms with Crippen LogP contribution in [0.1, 0.15) is 21.5 Å². The van der Waals surface area contributed by atoms with Gasteiger partial charge < -0.3 is 9.47 Å². The van der Waals surface area contributed by atoms with E-state index in [4.69, 9.17) is 9.47 Å². The van der Waals surface area contributed by atoms with E-state index in [-0.39, 0.29) is 11.7 Å². The third-order valence-corrected chi connectivity index (χ3v) is 3.92. The van der Waals surface area contributed by atoms with E-state index < -0.39 is 0 Å². The second kappa shape index (κ2) is 5.56. The van der Waals surface area contributed by atoms with Crippen molar-refractivity contribution >= 4 is 5.78 Å². The molecule has 0 radical (unpaired) electrons. The molecular formula is C17H17NO3. The standard InChI is InChI=1S/C17H17NO3/c1-20-15-8-12-7-13(6-11-4-3-5-18-10-11)17(19)14(12)9-16(15)21-2/h3-5,8-10,13H,6-7H2,1-2H3/t13-/m0/s1. The van der Waals surface area contributed by atoms with E-state index >= 15 is 0 Å². The molecule has 1 aromatic heterocycles. The molecule has 0 unspecified atom stereocenters. The van der Waals surface area contributed by atoms with Gasteiger partial charge in [-0.2, -0.15) is 0 Å². The molecular weight excluding hydrogens is 266 g/mol. The summed E-state index contributed by atoms with van der Waals surface area (Å²) in [5.41, 5.74) is 2.87. The summed E-state index contributed by atoms with van der Waals surface area (Å²) in [4.78, 5) is 16.7. The number of rotatable bonds is 4. The fourth-order valence-electron chi connectivity index (χ4n) is 2.87. The maximum Gasteiger partial charge on any atom is 0.167 e. The van der Waals surface area contributed by atoms with Gasteiger partial charge in [-0.25, -0.2) is 0 Å². The Labute approximate surface area is 123 Å². The predicted molar refractivity (Wildman–Crippen MR) is 79.0 cm³/mol. The Balaban J connectivity index is 1.88. The molecule has 0 saturated heterocycles. The third-order valence-electron chi connectivity index (χ3n) is 3.92. The molecule has 0 aliphatic heterocycles. The molecule has 0 spiro atoms. The Morgan fingerprint density at radius 1 is 1.24 bits per heavy atom. The molecule has 0 saturated carbocycles. The minimum absolute atomic E-state index is 0.0268. The average Bonchev–Trinajstić information content (AvgIpc) is 2.82. The van der Waals surface area contributed by atoms with Crippen LogP contribution in [0.3, 0.4) is 0 Å². The SMILES string of the molecule is COc1cc2c(cc1OC)C(=O)[C@@H](Cc1cccnc1)C2. The Bertz CT molecular complexity index is 667. The van der Waals surface area contributed by atoms with Crippen molar-refractivity contribution in [2.75, 3.05) is 14.2 Å². The number of fused-ring (bicyclic) bond motifs is 1. The highest BCUT2D eigenvalue weighted by molar-refractivity contribution is 6.03. The van der Waals surface area contributed by atoms with E-state index in [1.54, 1.807) is 26.5 Å². The topological polar surface area (TPSA) is 48.4 Å². The van der Waals surface area contributed by atoms with Gasteiger partial charge in [-0.3, -0.25) is 9.78 Å². The Morgan fingerprint density at radius 3 is 2.67 bits per heavy atom. The smallest absolute Gasteiger partial charge is 0.167 e. The normalized spacial score (nSPS) is 16.7. The van der Waals surface area contributed by atoms with Crippen molar-refractivity contribution in [1.82, 2.24) is 4.98 Å². The van der Waals surface area contributed by atoms with Crippen molar-refractivity contribution in [2.45, 2.75) is 12.8 Å². The van der Waals surface area contributed by atoms with Crippen molar-refractivity contribution in [3.63, 3.8) is 0 Å². The number of carbonyl (C=O) groups excluding carboxylic acids is 1. The van der Waals surface area contributed by atoms with Crippen LogP contribution >= 0.6 is 0 Å². The molecule has 1 atom stereocenters. The number of nitrogens with zero attached hydrogens (tertiary/aromatic N) is 1. The van der Waals surface area contributed by atoms with Crippen molar-refractivity contribution in [3.8, 4) is 11.5 Å². The van der Waals surface area contributed by atoms with Crippen LogP contribution in [-0.2, 0) is 12.8 Å². The number of ketones is 1. The molecule has 108 valence electrons. The molecule has 1 aliphatic carbocycles. The number of hydrogen-bond donors (Lipinski definition) is 0. The van der Waals surface area contributed by atoms with Crippen LogP contribution in [0.15, 0.2) is 36.7 Å². The quantitative estimate of drug-likeness (QED) is 0.865. The first-order valence-electron chi connectivity index (χ1n) is 6.91. The van der Waals surface area contributed by atoms with Crippen LogP contribution in [0.5, 0.6) is 11.5 Å². The van der Waals surface area contributed by atoms with Gasteiger partial charge >= 0.3 is 0 Å². The van der Waals surface area contributed by atoms with E-state index in [0.717, 1.165) is 23.1 Å². The van der Waals surface area contributed by atoms with Crippen LogP contribution in [0, 0.1) is 5.92 Å². The third kappa shape index (κ3) is 2.49. The molecule has 0 amide bonds. The number of hydrogen-bond acceptors (Lipinski definition) is 4. The highest BCUT2D eigenvalue weighted by Crippen LogP contribution is 2.37. The Morgan fingerprint density at radius 2 is 2.00 bits per heavy atom. The summed E-state index contributed by atoms with van der Waals surface area (Å²) < 4.78 is 10.6. The molecule has 0 N–H and O–H groups in total. The van der Waals surface area contributed by atoms with Crippen LogP contribution in [-0.4, -0.2) is 25.0 Å². The molecule has 4 nitrogen and oxygen atoms in total. The van der Waals surface area contributed by atoms with Gasteiger partial charge in [0.2, 0.25) is 0 Å². The van der Waals surface area contributed by atoms with E-state index in [0.29, 0.717) is 17.9 Å². The Hall–Kier alpha value is -2.36. The summed E-state index contributed by atoms with van der Waals surface area (Å²) in [6, 6.07) is 7.60. The summed E-state index contributed by atoms with van der Waals surface area (Å²) in [5.74, 6) is 1.42. The maximum absolute atomic E-state index is 12.6. The van der Waals surface area contributed by atoms with Gasteiger partial charge in [0.15, 0.2) is 17.3 Å². The lowest BCUT2D eigenvalue weighted by atomic mass is 9.97. The predicted octanol–water partition coefficient (Wildman–Crippen LogP) is 2.70. The zero-order valence-corrected chi connectivity index (χ0v) is 12.1. The van der Waals surface area contributed by atoms with E-state index in [1.165, 1.54) is 0 Å². The zero-order valence-electron chi connectivity index (χ0n) is 12.1. The summed E-state index contributed by atoms with van der Waals surface area (Å²) in [5, 5.41) is 0. The number of carbonyl (C=O) groups is 1.